The summed E-state index contributed by atoms with van der Waals surface area (Å²) in [6.45, 7) is 0. The summed E-state index contributed by atoms with van der Waals surface area (Å²) in [4.78, 5) is 17.8. The SMILES string of the molecule is O=P(O)(O)C(Cl)(Cl)c1ccc(Cl)cc1. The molecule has 0 heterocycles. The van der Waals surface area contributed by atoms with Crippen molar-refractivity contribution in [1.29, 1.82) is 0 Å². The largest absolute Gasteiger partial charge is 0.365 e. The smallest absolute Gasteiger partial charge is 0.322 e. The topological polar surface area (TPSA) is 57.5 Å². The van der Waals surface area contributed by atoms with Gasteiger partial charge >= 0.3 is 7.60 Å². The summed E-state index contributed by atoms with van der Waals surface area (Å²) in [5.74, 6) is 0. The average molecular weight is 275 g/mol. The van der Waals surface area contributed by atoms with E-state index in [2.05, 4.69) is 0 Å². The van der Waals surface area contributed by atoms with E-state index >= 15 is 0 Å². The molecule has 0 saturated carbocycles. The van der Waals surface area contributed by atoms with Crippen molar-refractivity contribution in [1.82, 2.24) is 0 Å². The maximum atomic E-state index is 10.9. The van der Waals surface area contributed by atoms with Crippen molar-refractivity contribution in [3.8, 4) is 0 Å². The van der Waals surface area contributed by atoms with Gasteiger partial charge in [0.25, 0.3) is 0 Å². The molecule has 0 saturated heterocycles. The summed E-state index contributed by atoms with van der Waals surface area (Å²) in [5.41, 5.74) is 0.110. The van der Waals surface area contributed by atoms with Gasteiger partial charge in [-0.3, -0.25) is 4.57 Å². The number of alkyl halides is 2. The molecule has 1 aromatic rings. The first-order valence-corrected chi connectivity index (χ1v) is 6.19. The lowest BCUT2D eigenvalue weighted by atomic mass is 10.2. The molecule has 2 N–H and O–H groups in total. The van der Waals surface area contributed by atoms with Gasteiger partial charge in [0.1, 0.15) is 0 Å². The van der Waals surface area contributed by atoms with E-state index in [1.165, 1.54) is 24.3 Å². The zero-order chi connectivity index (χ0) is 11.0. The molecule has 0 amide bonds. The van der Waals surface area contributed by atoms with Crippen molar-refractivity contribution < 1.29 is 14.4 Å². The van der Waals surface area contributed by atoms with Crippen LogP contribution in [0.1, 0.15) is 5.56 Å². The third-order valence-corrected chi connectivity index (χ3v) is 4.56. The minimum Gasteiger partial charge on any atom is -0.322 e. The van der Waals surface area contributed by atoms with Crippen molar-refractivity contribution in [2.45, 2.75) is 4.07 Å². The zero-order valence-electron chi connectivity index (χ0n) is 6.69. The maximum absolute atomic E-state index is 10.9. The van der Waals surface area contributed by atoms with Gasteiger partial charge < -0.3 is 9.79 Å². The van der Waals surface area contributed by atoms with Gasteiger partial charge in [-0.05, 0) is 12.1 Å². The van der Waals surface area contributed by atoms with Crippen molar-refractivity contribution in [3.05, 3.63) is 34.9 Å². The Morgan fingerprint density at radius 2 is 1.57 bits per heavy atom. The van der Waals surface area contributed by atoms with Crippen LogP contribution < -0.4 is 0 Å². The van der Waals surface area contributed by atoms with E-state index in [0.717, 1.165) is 0 Å². The average Bonchev–Trinajstić information content (AvgIpc) is 2.03. The molecular weight excluding hydrogens is 269 g/mol. The highest BCUT2D eigenvalue weighted by Gasteiger charge is 2.45. The molecular formula is C7H6Cl3O3P. The van der Waals surface area contributed by atoms with Crippen molar-refractivity contribution in [3.63, 3.8) is 0 Å². The predicted molar refractivity (Wildman–Crippen MR) is 56.9 cm³/mol. The number of benzene rings is 1. The quantitative estimate of drug-likeness (QED) is 0.644. The fraction of sp³-hybridized carbons (Fsp3) is 0.143. The summed E-state index contributed by atoms with van der Waals surface area (Å²) in [7, 11) is -4.62. The third kappa shape index (κ3) is 2.43. The van der Waals surface area contributed by atoms with Crippen LogP contribution >= 0.6 is 42.4 Å². The van der Waals surface area contributed by atoms with Crippen LogP contribution in [0, 0.1) is 0 Å². The first-order chi connectivity index (χ1) is 6.25. The Morgan fingerprint density at radius 1 is 1.14 bits per heavy atom. The fourth-order valence-corrected chi connectivity index (χ4v) is 1.68. The Morgan fingerprint density at radius 3 is 1.93 bits per heavy atom. The molecule has 14 heavy (non-hydrogen) atoms. The van der Waals surface area contributed by atoms with Gasteiger partial charge in [0.15, 0.2) is 0 Å². The standard InChI is InChI=1S/C7H6Cl3O3P/c8-6-3-1-5(2-4-6)7(9,10)14(11,12)13/h1-4H,(H2,11,12,13). The van der Waals surface area contributed by atoms with Gasteiger partial charge in [-0.15, -0.1) is 0 Å². The molecule has 7 heteroatoms. The molecule has 1 aromatic carbocycles. The molecule has 0 aliphatic carbocycles. The Labute approximate surface area is 95.8 Å². The molecule has 0 radical (unpaired) electrons. The molecule has 1 rings (SSSR count). The first kappa shape index (κ1) is 12.3. The lowest BCUT2D eigenvalue weighted by Crippen LogP contribution is -2.10. The first-order valence-electron chi connectivity index (χ1n) is 3.44. The lowest BCUT2D eigenvalue weighted by Gasteiger charge is -2.20. The minimum absolute atomic E-state index is 0.110. The van der Waals surface area contributed by atoms with Crippen molar-refractivity contribution in [2.24, 2.45) is 0 Å². The van der Waals surface area contributed by atoms with Crippen LogP contribution in [0.2, 0.25) is 5.02 Å². The Bertz CT molecular complexity index is 370. The van der Waals surface area contributed by atoms with E-state index in [0.29, 0.717) is 5.02 Å². The van der Waals surface area contributed by atoms with Gasteiger partial charge in [-0.1, -0.05) is 46.9 Å². The second-order valence-electron chi connectivity index (χ2n) is 2.59. The van der Waals surface area contributed by atoms with E-state index < -0.39 is 11.7 Å². The van der Waals surface area contributed by atoms with Gasteiger partial charge in [0, 0.05) is 10.6 Å². The molecule has 0 spiro atoms. The molecule has 0 aliphatic rings. The van der Waals surface area contributed by atoms with Crippen LogP contribution in [-0.2, 0) is 8.64 Å². The van der Waals surface area contributed by atoms with Crippen LogP contribution in [0.15, 0.2) is 24.3 Å². The summed E-state index contributed by atoms with van der Waals surface area (Å²) < 4.78 is 8.71. The van der Waals surface area contributed by atoms with Crippen molar-refractivity contribution in [2.75, 3.05) is 0 Å². The van der Waals surface area contributed by atoms with E-state index in [4.69, 9.17) is 44.6 Å². The molecule has 78 valence electrons. The molecule has 0 atom stereocenters. The van der Waals surface area contributed by atoms with Gasteiger partial charge in [0.2, 0.25) is 4.07 Å². The van der Waals surface area contributed by atoms with Gasteiger partial charge in [-0.2, -0.15) is 0 Å². The lowest BCUT2D eigenvalue weighted by molar-refractivity contribution is 0.365. The minimum atomic E-state index is -4.62. The second kappa shape index (κ2) is 4.01. The normalized spacial score (nSPS) is 12.9. The van der Waals surface area contributed by atoms with Crippen LogP contribution in [-0.4, -0.2) is 9.79 Å². The summed E-state index contributed by atoms with van der Waals surface area (Å²) in [6, 6.07) is 5.63. The van der Waals surface area contributed by atoms with Crippen molar-refractivity contribution >= 4 is 42.4 Å². The molecule has 0 unspecified atom stereocenters. The van der Waals surface area contributed by atoms with Crippen LogP contribution in [0.25, 0.3) is 0 Å². The molecule has 0 bridgehead atoms. The molecule has 3 nitrogen and oxygen atoms in total. The number of hydrogen-bond acceptors (Lipinski definition) is 1. The number of halogens is 3. The highest BCUT2D eigenvalue weighted by Crippen LogP contribution is 2.62. The number of rotatable bonds is 2. The van der Waals surface area contributed by atoms with Crippen LogP contribution in [0.3, 0.4) is 0 Å². The highest BCUT2D eigenvalue weighted by atomic mass is 35.5. The number of hydrogen-bond donors (Lipinski definition) is 2. The summed E-state index contributed by atoms with van der Waals surface area (Å²) in [5, 5.41) is 0.434. The molecule has 0 fully saturated rings. The maximum Gasteiger partial charge on any atom is 0.365 e. The Hall–Kier alpha value is 0.240. The van der Waals surface area contributed by atoms with E-state index in [-0.39, 0.29) is 5.56 Å². The van der Waals surface area contributed by atoms with E-state index in [9.17, 15) is 4.57 Å². The van der Waals surface area contributed by atoms with Crippen LogP contribution in [0.5, 0.6) is 0 Å². The zero-order valence-corrected chi connectivity index (χ0v) is 9.86. The molecule has 0 aromatic heterocycles. The van der Waals surface area contributed by atoms with Gasteiger partial charge in [0.05, 0.1) is 0 Å². The fourth-order valence-electron chi connectivity index (χ4n) is 0.819. The van der Waals surface area contributed by atoms with E-state index in [1.807, 2.05) is 0 Å². The molecule has 0 aliphatic heterocycles. The monoisotopic (exact) mass is 274 g/mol. The second-order valence-corrected chi connectivity index (χ2v) is 6.64. The Balaban J connectivity index is 3.17. The van der Waals surface area contributed by atoms with E-state index in [1.54, 1.807) is 0 Å². The third-order valence-electron chi connectivity index (χ3n) is 1.56. The van der Waals surface area contributed by atoms with Crippen LogP contribution in [0.4, 0.5) is 0 Å². The summed E-state index contributed by atoms with van der Waals surface area (Å²) in [6.07, 6.45) is 0. The summed E-state index contributed by atoms with van der Waals surface area (Å²) >= 11 is 16.7. The predicted octanol–water partition coefficient (Wildman–Crippen LogP) is 3.11. The highest BCUT2D eigenvalue weighted by molar-refractivity contribution is 7.57. The Kier molecular flexibility index (Phi) is 3.53. The van der Waals surface area contributed by atoms with Gasteiger partial charge in [-0.25, -0.2) is 0 Å².